The van der Waals surface area contributed by atoms with E-state index in [1.165, 1.54) is 11.8 Å². The molecule has 0 amide bonds. The van der Waals surface area contributed by atoms with Crippen LogP contribution in [0.2, 0.25) is 0 Å². The maximum Gasteiger partial charge on any atom is 0.261 e. The third kappa shape index (κ3) is 2.41. The van der Waals surface area contributed by atoms with E-state index in [-0.39, 0.29) is 0 Å². The molecule has 0 aliphatic carbocycles. The normalized spacial score (nSPS) is 10.7. The predicted octanol–water partition coefficient (Wildman–Crippen LogP) is 3.79. The molecule has 1 aromatic carbocycles. The standard InChI is InChI=1S/C11H11BrN2OS/c1-6-7(2)15-11(14-6)16-10-5-8(12)3-4-9(10)13/h3-5H,13H2,1-2H3. The van der Waals surface area contributed by atoms with Gasteiger partial charge in [0.25, 0.3) is 5.22 Å². The molecule has 0 aliphatic rings. The lowest BCUT2D eigenvalue weighted by Crippen LogP contribution is -1.87. The molecule has 0 saturated carbocycles. The van der Waals surface area contributed by atoms with Crippen LogP contribution in [0.5, 0.6) is 0 Å². The minimum atomic E-state index is 0.625. The van der Waals surface area contributed by atoms with E-state index in [2.05, 4.69) is 20.9 Å². The Morgan fingerprint density at radius 2 is 2.12 bits per heavy atom. The minimum absolute atomic E-state index is 0.625. The van der Waals surface area contributed by atoms with Crippen LogP contribution in [0.25, 0.3) is 0 Å². The zero-order valence-electron chi connectivity index (χ0n) is 8.95. The highest BCUT2D eigenvalue weighted by Gasteiger charge is 2.09. The Labute approximate surface area is 107 Å². The summed E-state index contributed by atoms with van der Waals surface area (Å²) in [6.07, 6.45) is 0. The van der Waals surface area contributed by atoms with E-state index in [1.54, 1.807) is 0 Å². The first-order valence-corrected chi connectivity index (χ1v) is 6.34. The molecule has 84 valence electrons. The van der Waals surface area contributed by atoms with Crippen LogP contribution in [0.3, 0.4) is 0 Å². The molecule has 0 unspecified atom stereocenters. The number of halogens is 1. The maximum atomic E-state index is 5.87. The molecule has 0 aliphatic heterocycles. The van der Waals surface area contributed by atoms with Gasteiger partial charge < -0.3 is 10.2 Å². The monoisotopic (exact) mass is 298 g/mol. The topological polar surface area (TPSA) is 52.0 Å². The van der Waals surface area contributed by atoms with Gasteiger partial charge in [-0.3, -0.25) is 0 Å². The highest BCUT2D eigenvalue weighted by molar-refractivity contribution is 9.10. The van der Waals surface area contributed by atoms with Crippen molar-refractivity contribution in [1.82, 2.24) is 4.98 Å². The van der Waals surface area contributed by atoms with Gasteiger partial charge in [-0.1, -0.05) is 15.9 Å². The van der Waals surface area contributed by atoms with Gasteiger partial charge in [0.05, 0.1) is 5.69 Å². The number of rotatable bonds is 2. The number of nitrogen functional groups attached to an aromatic ring is 1. The van der Waals surface area contributed by atoms with E-state index in [1.807, 2.05) is 32.0 Å². The van der Waals surface area contributed by atoms with E-state index >= 15 is 0 Å². The lowest BCUT2D eigenvalue weighted by atomic mass is 10.3. The van der Waals surface area contributed by atoms with Crippen LogP contribution in [0.4, 0.5) is 5.69 Å². The molecule has 0 spiro atoms. The molecule has 3 nitrogen and oxygen atoms in total. The molecule has 16 heavy (non-hydrogen) atoms. The average Bonchev–Trinajstić information content (AvgIpc) is 2.52. The summed E-state index contributed by atoms with van der Waals surface area (Å²) >= 11 is 4.84. The molecule has 1 heterocycles. The number of aromatic nitrogens is 1. The first kappa shape index (κ1) is 11.5. The molecule has 2 N–H and O–H groups in total. The van der Waals surface area contributed by atoms with Crippen LogP contribution < -0.4 is 5.73 Å². The summed E-state index contributed by atoms with van der Waals surface area (Å²) in [6, 6.07) is 5.72. The molecular formula is C11H11BrN2OS. The fourth-order valence-corrected chi connectivity index (χ4v) is 2.60. The molecule has 2 rings (SSSR count). The van der Waals surface area contributed by atoms with Gasteiger partial charge >= 0.3 is 0 Å². The summed E-state index contributed by atoms with van der Waals surface area (Å²) in [6.45, 7) is 3.82. The van der Waals surface area contributed by atoms with E-state index in [4.69, 9.17) is 10.2 Å². The maximum absolute atomic E-state index is 5.87. The fraction of sp³-hybridized carbons (Fsp3) is 0.182. The molecule has 5 heteroatoms. The molecule has 0 radical (unpaired) electrons. The molecule has 1 aromatic heterocycles. The van der Waals surface area contributed by atoms with Gasteiger partial charge in [-0.2, -0.15) is 0 Å². The summed E-state index contributed by atoms with van der Waals surface area (Å²) in [5.74, 6) is 0.844. The number of oxazole rings is 1. The van der Waals surface area contributed by atoms with Crippen molar-refractivity contribution in [3.63, 3.8) is 0 Å². The van der Waals surface area contributed by atoms with Gasteiger partial charge in [0.1, 0.15) is 5.76 Å². The first-order valence-electron chi connectivity index (χ1n) is 4.73. The van der Waals surface area contributed by atoms with Crippen LogP contribution in [0.1, 0.15) is 11.5 Å². The summed E-state index contributed by atoms with van der Waals surface area (Å²) in [5.41, 5.74) is 7.51. The van der Waals surface area contributed by atoms with Crippen molar-refractivity contribution in [2.24, 2.45) is 0 Å². The Balaban J connectivity index is 2.29. The number of anilines is 1. The van der Waals surface area contributed by atoms with Crippen LogP contribution in [0, 0.1) is 13.8 Å². The Kier molecular flexibility index (Phi) is 3.25. The molecule has 0 atom stereocenters. The van der Waals surface area contributed by atoms with Crippen molar-refractivity contribution in [1.29, 1.82) is 0 Å². The second kappa shape index (κ2) is 4.51. The fourth-order valence-electron chi connectivity index (χ4n) is 1.18. The Morgan fingerprint density at radius 1 is 1.38 bits per heavy atom. The van der Waals surface area contributed by atoms with E-state index in [0.29, 0.717) is 5.22 Å². The third-order valence-electron chi connectivity index (χ3n) is 2.18. The van der Waals surface area contributed by atoms with Gasteiger partial charge in [0, 0.05) is 15.1 Å². The van der Waals surface area contributed by atoms with Gasteiger partial charge in [-0.25, -0.2) is 4.98 Å². The minimum Gasteiger partial charge on any atom is -0.436 e. The lowest BCUT2D eigenvalue weighted by molar-refractivity contribution is 0.431. The van der Waals surface area contributed by atoms with Crippen molar-refractivity contribution in [3.05, 3.63) is 34.1 Å². The zero-order valence-corrected chi connectivity index (χ0v) is 11.4. The zero-order chi connectivity index (χ0) is 11.7. The van der Waals surface area contributed by atoms with Crippen LogP contribution in [-0.4, -0.2) is 4.98 Å². The predicted molar refractivity (Wildman–Crippen MR) is 68.7 cm³/mol. The van der Waals surface area contributed by atoms with E-state index < -0.39 is 0 Å². The van der Waals surface area contributed by atoms with Crippen molar-refractivity contribution in [3.8, 4) is 0 Å². The SMILES string of the molecule is Cc1nc(Sc2cc(Br)ccc2N)oc1C. The summed E-state index contributed by atoms with van der Waals surface area (Å²) in [7, 11) is 0. The second-order valence-corrected chi connectivity index (χ2v) is 5.31. The van der Waals surface area contributed by atoms with E-state index in [9.17, 15) is 0 Å². The van der Waals surface area contributed by atoms with Gasteiger partial charge in [-0.15, -0.1) is 0 Å². The number of nitrogens with two attached hydrogens (primary N) is 1. The Bertz CT molecular complexity index is 505. The van der Waals surface area contributed by atoms with Gasteiger partial charge in [0.2, 0.25) is 0 Å². The smallest absolute Gasteiger partial charge is 0.261 e. The largest absolute Gasteiger partial charge is 0.436 e. The Morgan fingerprint density at radius 3 is 2.75 bits per heavy atom. The highest BCUT2D eigenvalue weighted by atomic mass is 79.9. The second-order valence-electron chi connectivity index (χ2n) is 3.41. The number of hydrogen-bond acceptors (Lipinski definition) is 4. The lowest BCUT2D eigenvalue weighted by Gasteiger charge is -2.02. The van der Waals surface area contributed by atoms with Crippen molar-refractivity contribution < 1.29 is 4.42 Å². The van der Waals surface area contributed by atoms with E-state index in [0.717, 1.165) is 26.5 Å². The summed E-state index contributed by atoms with van der Waals surface area (Å²) in [5, 5.41) is 0.625. The van der Waals surface area contributed by atoms with Crippen LogP contribution in [-0.2, 0) is 0 Å². The molecule has 0 fully saturated rings. The quantitative estimate of drug-likeness (QED) is 0.857. The van der Waals surface area contributed by atoms with Crippen LogP contribution in [0.15, 0.2) is 37.2 Å². The summed E-state index contributed by atoms with van der Waals surface area (Å²) < 4.78 is 6.48. The third-order valence-corrected chi connectivity index (χ3v) is 3.60. The first-order chi connectivity index (χ1) is 7.56. The summed E-state index contributed by atoms with van der Waals surface area (Å²) in [4.78, 5) is 5.24. The van der Waals surface area contributed by atoms with Crippen molar-refractivity contribution in [2.45, 2.75) is 24.0 Å². The molecular weight excluding hydrogens is 288 g/mol. The van der Waals surface area contributed by atoms with Crippen molar-refractivity contribution >= 4 is 33.4 Å². The number of aryl methyl sites for hydroxylation is 2. The average molecular weight is 299 g/mol. The number of hydrogen-bond donors (Lipinski definition) is 1. The highest BCUT2D eigenvalue weighted by Crippen LogP contribution is 2.34. The molecule has 2 aromatic rings. The molecule has 0 bridgehead atoms. The Hall–Kier alpha value is -0.940. The number of benzene rings is 1. The molecule has 0 saturated heterocycles. The van der Waals surface area contributed by atoms with Gasteiger partial charge in [0.15, 0.2) is 0 Å². The number of nitrogens with zero attached hydrogens (tertiary/aromatic N) is 1. The van der Waals surface area contributed by atoms with Crippen LogP contribution >= 0.6 is 27.7 Å². The van der Waals surface area contributed by atoms with Gasteiger partial charge in [-0.05, 0) is 43.8 Å². The van der Waals surface area contributed by atoms with Crippen molar-refractivity contribution in [2.75, 3.05) is 5.73 Å².